The number of nitrogen functional groups attached to an aromatic ring is 1. The number of hydrogen-bond donors (Lipinski definition) is 2. The summed E-state index contributed by atoms with van der Waals surface area (Å²) in [5.41, 5.74) is 6.64. The van der Waals surface area contributed by atoms with Crippen molar-refractivity contribution in [2.75, 3.05) is 12.3 Å². The van der Waals surface area contributed by atoms with Crippen LogP contribution in [-0.2, 0) is 6.42 Å². The maximum absolute atomic E-state index is 8.87. The highest BCUT2D eigenvalue weighted by Crippen LogP contribution is 2.13. The second-order valence-electron chi connectivity index (χ2n) is 3.49. The zero-order valence-corrected chi connectivity index (χ0v) is 9.18. The summed E-state index contributed by atoms with van der Waals surface area (Å²) in [7, 11) is 0. The van der Waals surface area contributed by atoms with E-state index in [1.807, 2.05) is 36.4 Å². The molecule has 0 amide bonds. The van der Waals surface area contributed by atoms with E-state index in [1.54, 1.807) is 0 Å². The summed E-state index contributed by atoms with van der Waals surface area (Å²) >= 11 is 0. The zero-order valence-electron chi connectivity index (χ0n) is 9.18. The number of H-pyrrole nitrogens is 1. The molecule has 5 heteroatoms. The number of nitrogens with zero attached hydrogens (tertiary/aromatic N) is 2. The molecule has 2 aromatic rings. The summed E-state index contributed by atoms with van der Waals surface area (Å²) in [6.07, 6.45) is 0.571. The molecule has 0 saturated carbocycles. The van der Waals surface area contributed by atoms with Gasteiger partial charge < -0.3 is 10.5 Å². The van der Waals surface area contributed by atoms with E-state index >= 15 is 0 Å². The highest BCUT2D eigenvalue weighted by atomic mass is 16.5. The molecule has 86 valence electrons. The number of nitrogens with two attached hydrogens (primary N) is 1. The van der Waals surface area contributed by atoms with Crippen molar-refractivity contribution in [2.45, 2.75) is 6.42 Å². The Morgan fingerprint density at radius 1 is 1.35 bits per heavy atom. The van der Waals surface area contributed by atoms with Crippen molar-refractivity contribution in [1.82, 2.24) is 10.2 Å². The summed E-state index contributed by atoms with van der Waals surface area (Å²) < 4.78 is 5.52. The van der Waals surface area contributed by atoms with Crippen molar-refractivity contribution in [2.24, 2.45) is 0 Å². The van der Waals surface area contributed by atoms with Gasteiger partial charge in [0.2, 0.25) is 0 Å². The fourth-order valence-corrected chi connectivity index (χ4v) is 1.49. The van der Waals surface area contributed by atoms with Gasteiger partial charge in [-0.2, -0.15) is 10.4 Å². The number of anilines is 1. The molecule has 0 atom stereocenters. The molecule has 0 fully saturated rings. The minimum Gasteiger partial charge on any atom is -0.493 e. The van der Waals surface area contributed by atoms with Gasteiger partial charge in [-0.3, -0.25) is 5.10 Å². The van der Waals surface area contributed by atoms with E-state index < -0.39 is 0 Å². The fourth-order valence-electron chi connectivity index (χ4n) is 1.49. The SMILES string of the molecule is N#Cc1c(N)n[nH]c1CCOc1ccccc1. The molecule has 0 unspecified atom stereocenters. The van der Waals surface area contributed by atoms with E-state index in [4.69, 9.17) is 15.7 Å². The zero-order chi connectivity index (χ0) is 12.1. The monoisotopic (exact) mass is 228 g/mol. The molecule has 0 spiro atoms. The van der Waals surface area contributed by atoms with Crippen LogP contribution in [0.4, 0.5) is 5.82 Å². The van der Waals surface area contributed by atoms with Crippen molar-refractivity contribution in [3.8, 4) is 11.8 Å². The largest absolute Gasteiger partial charge is 0.493 e. The van der Waals surface area contributed by atoms with Gasteiger partial charge in [-0.1, -0.05) is 18.2 Å². The Bertz CT molecular complexity index is 527. The Kier molecular flexibility index (Phi) is 3.26. The van der Waals surface area contributed by atoms with Gasteiger partial charge >= 0.3 is 0 Å². The summed E-state index contributed by atoms with van der Waals surface area (Å²) in [5.74, 6) is 1.04. The predicted octanol–water partition coefficient (Wildman–Crippen LogP) is 1.49. The summed E-state index contributed by atoms with van der Waals surface area (Å²) in [6, 6.07) is 11.5. The quantitative estimate of drug-likeness (QED) is 0.829. The van der Waals surface area contributed by atoms with Gasteiger partial charge in [0.1, 0.15) is 17.4 Å². The lowest BCUT2D eigenvalue weighted by molar-refractivity contribution is 0.320. The van der Waals surface area contributed by atoms with Crippen LogP contribution >= 0.6 is 0 Å². The lowest BCUT2D eigenvalue weighted by Crippen LogP contribution is -2.03. The smallest absolute Gasteiger partial charge is 0.163 e. The number of aromatic nitrogens is 2. The van der Waals surface area contributed by atoms with Gasteiger partial charge in [0, 0.05) is 6.42 Å². The van der Waals surface area contributed by atoms with Crippen molar-refractivity contribution in [3.63, 3.8) is 0 Å². The van der Waals surface area contributed by atoms with E-state index in [1.165, 1.54) is 0 Å². The first-order chi connectivity index (χ1) is 8.31. The van der Waals surface area contributed by atoms with Crippen molar-refractivity contribution >= 4 is 5.82 Å². The van der Waals surface area contributed by atoms with Gasteiger partial charge in [0.05, 0.1) is 12.3 Å². The van der Waals surface area contributed by atoms with Gasteiger partial charge in [-0.05, 0) is 12.1 Å². The minimum absolute atomic E-state index is 0.238. The number of aromatic amines is 1. The number of ether oxygens (including phenoxy) is 1. The summed E-state index contributed by atoms with van der Waals surface area (Å²) in [5, 5.41) is 15.4. The van der Waals surface area contributed by atoms with Gasteiger partial charge in [-0.25, -0.2) is 0 Å². The molecular weight excluding hydrogens is 216 g/mol. The standard InChI is InChI=1S/C12H12N4O/c13-8-10-11(15-16-12(10)14)6-7-17-9-4-2-1-3-5-9/h1-5H,6-7H2,(H3,14,15,16). The van der Waals surface area contributed by atoms with Gasteiger partial charge in [-0.15, -0.1) is 0 Å². The Balaban J connectivity index is 1.93. The number of nitrogens with one attached hydrogen (secondary N) is 1. The van der Waals surface area contributed by atoms with E-state index in [-0.39, 0.29) is 5.82 Å². The Hall–Kier alpha value is -2.48. The predicted molar refractivity (Wildman–Crippen MR) is 63.4 cm³/mol. The first-order valence-electron chi connectivity index (χ1n) is 5.22. The first kappa shape index (κ1) is 11.0. The van der Waals surface area contributed by atoms with Crippen LogP contribution in [-0.4, -0.2) is 16.8 Å². The molecule has 0 bridgehead atoms. The van der Waals surface area contributed by atoms with Crippen LogP contribution < -0.4 is 10.5 Å². The molecule has 0 saturated heterocycles. The molecule has 1 aromatic heterocycles. The Morgan fingerprint density at radius 2 is 2.12 bits per heavy atom. The molecule has 5 nitrogen and oxygen atoms in total. The van der Waals surface area contributed by atoms with Crippen molar-refractivity contribution in [3.05, 3.63) is 41.6 Å². The van der Waals surface area contributed by atoms with Crippen LogP contribution in [0.2, 0.25) is 0 Å². The van der Waals surface area contributed by atoms with Gasteiger partial charge in [0.15, 0.2) is 5.82 Å². The molecule has 17 heavy (non-hydrogen) atoms. The van der Waals surface area contributed by atoms with E-state index in [2.05, 4.69) is 10.2 Å². The number of benzene rings is 1. The molecule has 3 N–H and O–H groups in total. The fraction of sp³-hybridized carbons (Fsp3) is 0.167. The number of rotatable bonds is 4. The van der Waals surface area contributed by atoms with Crippen LogP contribution in [0.3, 0.4) is 0 Å². The normalized spacial score (nSPS) is 9.82. The molecular formula is C12H12N4O. The minimum atomic E-state index is 0.238. The second-order valence-corrected chi connectivity index (χ2v) is 3.49. The molecule has 1 aromatic carbocycles. The highest BCUT2D eigenvalue weighted by Gasteiger charge is 2.09. The third-order valence-corrected chi connectivity index (χ3v) is 2.35. The average Bonchev–Trinajstić information content (AvgIpc) is 2.71. The highest BCUT2D eigenvalue weighted by molar-refractivity contribution is 5.50. The third-order valence-electron chi connectivity index (χ3n) is 2.35. The average molecular weight is 228 g/mol. The summed E-state index contributed by atoms with van der Waals surface area (Å²) in [6.45, 7) is 0.473. The summed E-state index contributed by atoms with van der Waals surface area (Å²) in [4.78, 5) is 0. The molecule has 2 rings (SSSR count). The number of para-hydroxylation sites is 1. The van der Waals surface area contributed by atoms with Crippen molar-refractivity contribution in [1.29, 1.82) is 5.26 Å². The van der Waals surface area contributed by atoms with Gasteiger partial charge in [0.25, 0.3) is 0 Å². The molecule has 0 aliphatic rings. The van der Waals surface area contributed by atoms with Crippen LogP contribution in [0.5, 0.6) is 5.75 Å². The van der Waals surface area contributed by atoms with Crippen LogP contribution in [0, 0.1) is 11.3 Å². The lowest BCUT2D eigenvalue weighted by Gasteiger charge is -2.04. The molecule has 0 aliphatic carbocycles. The maximum Gasteiger partial charge on any atom is 0.163 e. The Labute approximate surface area is 98.8 Å². The van der Waals surface area contributed by atoms with Crippen LogP contribution in [0.25, 0.3) is 0 Å². The van der Waals surface area contributed by atoms with Crippen LogP contribution in [0.15, 0.2) is 30.3 Å². The van der Waals surface area contributed by atoms with E-state index in [0.29, 0.717) is 24.3 Å². The first-order valence-corrected chi connectivity index (χ1v) is 5.22. The topological polar surface area (TPSA) is 87.7 Å². The van der Waals surface area contributed by atoms with E-state index in [0.717, 1.165) is 5.75 Å². The van der Waals surface area contributed by atoms with E-state index in [9.17, 15) is 0 Å². The Morgan fingerprint density at radius 3 is 2.82 bits per heavy atom. The van der Waals surface area contributed by atoms with Crippen molar-refractivity contribution < 1.29 is 4.74 Å². The maximum atomic E-state index is 8.87. The third kappa shape index (κ3) is 2.55. The van der Waals surface area contributed by atoms with Crippen LogP contribution in [0.1, 0.15) is 11.3 Å². The number of nitriles is 1. The molecule has 0 aliphatic heterocycles. The number of hydrogen-bond acceptors (Lipinski definition) is 4. The lowest BCUT2D eigenvalue weighted by atomic mass is 10.2. The molecule has 1 heterocycles. The second kappa shape index (κ2) is 5.03. The molecule has 0 radical (unpaired) electrons.